The molecular weight excluding hydrogens is 268 g/mol. The molecule has 1 heterocycles. The van der Waals surface area contributed by atoms with E-state index in [1.54, 1.807) is 20.4 Å². The van der Waals surface area contributed by atoms with Gasteiger partial charge < -0.3 is 19.9 Å². The summed E-state index contributed by atoms with van der Waals surface area (Å²) in [4.78, 5) is 4.43. The summed E-state index contributed by atoms with van der Waals surface area (Å²) < 4.78 is 10.7. The molecule has 0 saturated heterocycles. The fraction of sp³-hybridized carbons (Fsp3) is 0.438. The Morgan fingerprint density at radius 2 is 1.95 bits per heavy atom. The molecule has 0 bridgehead atoms. The van der Waals surface area contributed by atoms with Crippen molar-refractivity contribution in [1.82, 2.24) is 4.98 Å². The molecule has 0 unspecified atom stereocenters. The molecule has 0 radical (unpaired) electrons. The van der Waals surface area contributed by atoms with Gasteiger partial charge in [0, 0.05) is 11.6 Å². The first-order chi connectivity index (χ1) is 10.2. The average Bonchev–Trinajstić information content (AvgIpc) is 2.49. The Balaban J connectivity index is 2.06. The average molecular weight is 288 g/mol. The summed E-state index contributed by atoms with van der Waals surface area (Å²) in [5.74, 6) is 2.15. The summed E-state index contributed by atoms with van der Waals surface area (Å²) in [6.07, 6.45) is 4.83. The lowest BCUT2D eigenvalue weighted by Crippen LogP contribution is -2.48. The van der Waals surface area contributed by atoms with Gasteiger partial charge >= 0.3 is 0 Å². The second-order valence-electron chi connectivity index (χ2n) is 5.50. The van der Waals surface area contributed by atoms with Crippen molar-refractivity contribution in [3.63, 3.8) is 0 Å². The molecule has 1 aromatic carbocycles. The Morgan fingerprint density at radius 1 is 1.24 bits per heavy atom. The van der Waals surface area contributed by atoms with E-state index in [-0.39, 0.29) is 12.1 Å². The van der Waals surface area contributed by atoms with E-state index in [2.05, 4.69) is 10.3 Å². The van der Waals surface area contributed by atoms with Crippen molar-refractivity contribution in [2.45, 2.75) is 24.8 Å². The molecule has 0 amide bonds. The van der Waals surface area contributed by atoms with E-state index >= 15 is 0 Å². The number of aromatic nitrogens is 1. The van der Waals surface area contributed by atoms with Gasteiger partial charge in [0.2, 0.25) is 0 Å². The van der Waals surface area contributed by atoms with Crippen LogP contribution in [-0.4, -0.2) is 36.5 Å². The number of hydrogen-bond acceptors (Lipinski definition) is 5. The van der Waals surface area contributed by atoms with Crippen LogP contribution in [0.2, 0.25) is 0 Å². The van der Waals surface area contributed by atoms with E-state index in [9.17, 15) is 5.11 Å². The Hall–Kier alpha value is -2.01. The van der Waals surface area contributed by atoms with Crippen molar-refractivity contribution in [2.75, 3.05) is 26.1 Å². The van der Waals surface area contributed by atoms with Gasteiger partial charge in [-0.25, -0.2) is 4.98 Å². The highest BCUT2D eigenvalue weighted by Crippen LogP contribution is 2.38. The Morgan fingerprint density at radius 3 is 2.52 bits per heavy atom. The minimum absolute atomic E-state index is 0.123. The van der Waals surface area contributed by atoms with E-state index in [4.69, 9.17) is 9.47 Å². The van der Waals surface area contributed by atoms with Crippen LogP contribution < -0.4 is 14.8 Å². The number of methoxy groups -OCH3 is 2. The molecule has 2 N–H and O–H groups in total. The molecule has 1 saturated carbocycles. The lowest BCUT2D eigenvalue weighted by atomic mass is 9.77. The zero-order valence-electron chi connectivity index (χ0n) is 12.3. The second kappa shape index (κ2) is 5.41. The number of aliphatic hydroxyl groups is 1. The highest BCUT2D eigenvalue weighted by Gasteiger charge is 2.36. The molecular formula is C16H20N2O3. The number of aliphatic hydroxyl groups excluding tert-OH is 1. The van der Waals surface area contributed by atoms with Crippen molar-refractivity contribution < 1.29 is 14.6 Å². The monoisotopic (exact) mass is 288 g/mol. The van der Waals surface area contributed by atoms with Crippen LogP contribution in [0.5, 0.6) is 11.5 Å². The zero-order chi connectivity index (χ0) is 14.9. The lowest BCUT2D eigenvalue weighted by molar-refractivity contribution is 0.144. The number of hydrogen-bond donors (Lipinski definition) is 2. The van der Waals surface area contributed by atoms with E-state index in [1.807, 2.05) is 18.2 Å². The van der Waals surface area contributed by atoms with Crippen molar-refractivity contribution in [3.8, 4) is 11.5 Å². The highest BCUT2D eigenvalue weighted by molar-refractivity contribution is 5.94. The number of rotatable bonds is 5. The van der Waals surface area contributed by atoms with Gasteiger partial charge in [0.25, 0.3) is 0 Å². The molecule has 1 aliphatic carbocycles. The van der Waals surface area contributed by atoms with Gasteiger partial charge in [0.15, 0.2) is 11.5 Å². The van der Waals surface area contributed by atoms with Gasteiger partial charge in [-0.3, -0.25) is 0 Å². The number of pyridine rings is 1. The van der Waals surface area contributed by atoms with Crippen LogP contribution in [0.15, 0.2) is 24.4 Å². The van der Waals surface area contributed by atoms with Gasteiger partial charge in [0.1, 0.15) is 5.82 Å². The maximum absolute atomic E-state index is 9.62. The molecule has 1 aromatic heterocycles. The number of benzene rings is 1. The summed E-state index contributed by atoms with van der Waals surface area (Å²) in [5.41, 5.74) is -0.228. The van der Waals surface area contributed by atoms with E-state index in [0.29, 0.717) is 11.5 Å². The Bertz CT molecular complexity index is 648. The summed E-state index contributed by atoms with van der Waals surface area (Å²) in [6.45, 7) is 0.123. The summed E-state index contributed by atoms with van der Waals surface area (Å²) in [6, 6.07) is 5.80. The van der Waals surface area contributed by atoms with Crippen LogP contribution >= 0.6 is 0 Å². The van der Waals surface area contributed by atoms with Crippen LogP contribution in [0.4, 0.5) is 5.82 Å². The van der Waals surface area contributed by atoms with Crippen molar-refractivity contribution in [1.29, 1.82) is 0 Å². The third-order valence-corrected chi connectivity index (χ3v) is 4.27. The first-order valence-corrected chi connectivity index (χ1v) is 7.11. The van der Waals surface area contributed by atoms with Gasteiger partial charge in [-0.15, -0.1) is 0 Å². The molecule has 3 rings (SSSR count). The smallest absolute Gasteiger partial charge is 0.161 e. The summed E-state index contributed by atoms with van der Waals surface area (Å²) in [5, 5.41) is 15.0. The van der Waals surface area contributed by atoms with Gasteiger partial charge in [0.05, 0.1) is 26.4 Å². The minimum Gasteiger partial charge on any atom is -0.493 e. The molecule has 21 heavy (non-hydrogen) atoms. The van der Waals surface area contributed by atoms with Gasteiger partial charge in [-0.1, -0.05) is 0 Å². The van der Waals surface area contributed by atoms with Gasteiger partial charge in [-0.2, -0.15) is 0 Å². The van der Waals surface area contributed by atoms with E-state index in [0.717, 1.165) is 35.9 Å². The van der Waals surface area contributed by atoms with E-state index in [1.165, 1.54) is 0 Å². The molecule has 0 aliphatic heterocycles. The topological polar surface area (TPSA) is 63.6 Å². The molecule has 0 atom stereocenters. The number of fused-ring (bicyclic) bond motifs is 1. The number of nitrogens with zero attached hydrogens (tertiary/aromatic N) is 1. The summed E-state index contributed by atoms with van der Waals surface area (Å²) >= 11 is 0. The first-order valence-electron chi connectivity index (χ1n) is 7.11. The SMILES string of the molecule is COc1cc2ccnc(NC3(CO)CCC3)c2cc1OC. The van der Waals surface area contributed by atoms with Crippen LogP contribution in [0.3, 0.4) is 0 Å². The highest BCUT2D eigenvalue weighted by atomic mass is 16.5. The molecule has 5 heteroatoms. The quantitative estimate of drug-likeness (QED) is 0.885. The molecule has 5 nitrogen and oxygen atoms in total. The summed E-state index contributed by atoms with van der Waals surface area (Å²) in [7, 11) is 3.24. The van der Waals surface area contributed by atoms with Crippen molar-refractivity contribution >= 4 is 16.6 Å². The number of anilines is 1. The van der Waals surface area contributed by atoms with Crippen LogP contribution in [0.1, 0.15) is 19.3 Å². The molecule has 2 aromatic rings. The molecule has 112 valence electrons. The fourth-order valence-corrected chi connectivity index (χ4v) is 2.78. The van der Waals surface area contributed by atoms with E-state index < -0.39 is 0 Å². The first kappa shape index (κ1) is 13.9. The maximum Gasteiger partial charge on any atom is 0.161 e. The third kappa shape index (κ3) is 2.38. The van der Waals surface area contributed by atoms with Crippen molar-refractivity contribution in [3.05, 3.63) is 24.4 Å². The predicted octanol–water partition coefficient (Wildman–Crippen LogP) is 2.58. The minimum atomic E-state index is -0.228. The standard InChI is InChI=1S/C16H20N2O3/c1-20-13-8-11-4-7-17-15(12(11)9-14(13)21-2)18-16(10-19)5-3-6-16/h4,7-9,19H,3,5-6,10H2,1-2H3,(H,17,18). The Kier molecular flexibility index (Phi) is 3.59. The number of nitrogens with one attached hydrogen (secondary N) is 1. The maximum atomic E-state index is 9.62. The molecule has 1 aliphatic rings. The van der Waals surface area contributed by atoms with Gasteiger partial charge in [-0.05, 0) is 42.8 Å². The second-order valence-corrected chi connectivity index (χ2v) is 5.50. The van der Waals surface area contributed by atoms with Crippen molar-refractivity contribution in [2.24, 2.45) is 0 Å². The Labute approximate surface area is 123 Å². The molecule has 1 fully saturated rings. The molecule has 0 spiro atoms. The normalized spacial score (nSPS) is 16.3. The van der Waals surface area contributed by atoms with Crippen LogP contribution in [0, 0.1) is 0 Å². The third-order valence-electron chi connectivity index (χ3n) is 4.27. The van der Waals surface area contributed by atoms with Crippen LogP contribution in [-0.2, 0) is 0 Å². The fourth-order valence-electron chi connectivity index (χ4n) is 2.78. The lowest BCUT2D eigenvalue weighted by Gasteiger charge is -2.41. The van der Waals surface area contributed by atoms with Crippen LogP contribution in [0.25, 0.3) is 10.8 Å². The largest absolute Gasteiger partial charge is 0.493 e. The zero-order valence-corrected chi connectivity index (χ0v) is 12.3. The predicted molar refractivity (Wildman–Crippen MR) is 82.1 cm³/mol. The number of ether oxygens (including phenoxy) is 2.